The van der Waals surface area contributed by atoms with Crippen molar-refractivity contribution in [2.45, 2.75) is 77.9 Å². The Hall–Kier alpha value is -0.0151. The minimum atomic E-state index is 0.0472. The van der Waals surface area contributed by atoms with Crippen LogP contribution in [0.1, 0.15) is 59.8 Å². The van der Waals surface area contributed by atoms with Crippen molar-refractivity contribution in [2.24, 2.45) is 17.6 Å². The van der Waals surface area contributed by atoms with Crippen molar-refractivity contribution in [1.29, 1.82) is 0 Å². The first-order chi connectivity index (χ1) is 7.91. The van der Waals surface area contributed by atoms with Crippen molar-refractivity contribution in [1.82, 2.24) is 4.90 Å². The molecule has 0 spiro atoms. The Bertz CT molecular complexity index is 210. The Morgan fingerprint density at radius 3 is 2.41 bits per heavy atom. The van der Waals surface area contributed by atoms with Crippen LogP contribution in [0.5, 0.6) is 0 Å². The summed E-state index contributed by atoms with van der Waals surface area (Å²) in [6, 6.07) is 0.491. The van der Waals surface area contributed by atoms with Gasteiger partial charge in [-0.15, -0.1) is 0 Å². The zero-order valence-electron chi connectivity index (χ0n) is 12.0. The van der Waals surface area contributed by atoms with Gasteiger partial charge >= 0.3 is 0 Å². The molecule has 5 unspecified atom stereocenters. The lowest BCUT2D eigenvalue weighted by molar-refractivity contribution is 0.113. The first-order valence-corrected chi connectivity index (χ1v) is 7.20. The van der Waals surface area contributed by atoms with Crippen molar-refractivity contribution in [3.05, 3.63) is 0 Å². The Morgan fingerprint density at radius 2 is 1.94 bits per heavy atom. The van der Waals surface area contributed by atoms with Crippen molar-refractivity contribution >= 4 is 7.85 Å². The summed E-state index contributed by atoms with van der Waals surface area (Å²) < 4.78 is 0. The van der Waals surface area contributed by atoms with E-state index in [1.165, 1.54) is 32.1 Å². The number of rotatable bonds is 5. The number of hydrogen-bond acceptors (Lipinski definition) is 2. The fraction of sp³-hybridized carbons (Fsp3) is 1.00. The van der Waals surface area contributed by atoms with Crippen molar-refractivity contribution in [3.8, 4) is 0 Å². The summed E-state index contributed by atoms with van der Waals surface area (Å²) in [5.74, 6) is 1.82. The molecule has 0 heterocycles. The summed E-state index contributed by atoms with van der Waals surface area (Å²) in [4.78, 5) is 2.24. The van der Waals surface area contributed by atoms with Gasteiger partial charge in [-0.05, 0) is 44.5 Å². The molecule has 0 saturated heterocycles. The Balaban J connectivity index is 2.48. The molecule has 0 aromatic carbocycles. The first-order valence-electron chi connectivity index (χ1n) is 7.20. The van der Waals surface area contributed by atoms with Crippen LogP contribution in [0, 0.1) is 11.8 Å². The molecule has 5 atom stereocenters. The van der Waals surface area contributed by atoms with Gasteiger partial charge in [0.1, 0.15) is 0 Å². The average Bonchev–Trinajstić information content (AvgIpc) is 2.15. The molecule has 3 heteroatoms. The van der Waals surface area contributed by atoms with Crippen molar-refractivity contribution < 1.29 is 0 Å². The molecule has 0 bridgehead atoms. The van der Waals surface area contributed by atoms with Crippen LogP contribution in [0.15, 0.2) is 0 Å². The zero-order valence-corrected chi connectivity index (χ0v) is 12.0. The van der Waals surface area contributed by atoms with E-state index in [-0.39, 0.29) is 12.1 Å². The van der Waals surface area contributed by atoms with Crippen molar-refractivity contribution in [2.75, 3.05) is 0 Å². The standard InChI is InChI=1S/C14H29BN2/c1-10-6-5-7-14(8-10)9-11(2)17(12(3)15)13(4)16/h10-14H,5-9,16H2,1-4H3. The van der Waals surface area contributed by atoms with Gasteiger partial charge in [0, 0.05) is 6.04 Å². The van der Waals surface area contributed by atoms with Crippen LogP contribution in [0.3, 0.4) is 0 Å². The third kappa shape index (κ3) is 4.63. The predicted molar refractivity (Wildman–Crippen MR) is 75.9 cm³/mol. The fourth-order valence-corrected chi connectivity index (χ4v) is 3.55. The molecule has 0 amide bonds. The molecular weight excluding hydrogens is 207 g/mol. The lowest BCUT2D eigenvalue weighted by Crippen LogP contribution is -2.51. The molecule has 2 radical (unpaired) electrons. The van der Waals surface area contributed by atoms with Crippen LogP contribution in [0.2, 0.25) is 0 Å². The van der Waals surface area contributed by atoms with Gasteiger partial charge in [-0.1, -0.05) is 33.1 Å². The summed E-state index contributed by atoms with van der Waals surface area (Å²) in [5, 5.41) is 0. The average molecular weight is 236 g/mol. The molecule has 0 aliphatic heterocycles. The van der Waals surface area contributed by atoms with Gasteiger partial charge in [-0.25, -0.2) is 0 Å². The molecule has 0 aromatic heterocycles. The topological polar surface area (TPSA) is 29.3 Å². The van der Waals surface area contributed by atoms with Gasteiger partial charge in [0.15, 0.2) is 0 Å². The lowest BCUT2D eigenvalue weighted by atomic mass is 9.79. The van der Waals surface area contributed by atoms with E-state index in [1.807, 2.05) is 13.8 Å². The van der Waals surface area contributed by atoms with Crippen molar-refractivity contribution in [3.63, 3.8) is 0 Å². The van der Waals surface area contributed by atoms with E-state index in [2.05, 4.69) is 18.7 Å². The van der Waals surface area contributed by atoms with Crippen LogP contribution in [0.25, 0.3) is 0 Å². The van der Waals surface area contributed by atoms with Gasteiger partial charge in [0.25, 0.3) is 0 Å². The van der Waals surface area contributed by atoms with E-state index in [9.17, 15) is 0 Å². The maximum atomic E-state index is 6.02. The highest BCUT2D eigenvalue weighted by atomic mass is 15.2. The molecule has 98 valence electrons. The van der Waals surface area contributed by atoms with Gasteiger partial charge in [-0.2, -0.15) is 0 Å². The fourth-order valence-electron chi connectivity index (χ4n) is 3.55. The third-order valence-corrected chi connectivity index (χ3v) is 4.17. The Labute approximate surface area is 109 Å². The highest BCUT2D eigenvalue weighted by Gasteiger charge is 2.25. The van der Waals surface area contributed by atoms with Gasteiger partial charge in [0.05, 0.1) is 14.0 Å². The minimum Gasteiger partial charge on any atom is -0.316 e. The monoisotopic (exact) mass is 236 g/mol. The molecule has 17 heavy (non-hydrogen) atoms. The normalized spacial score (nSPS) is 31.2. The number of nitrogens with two attached hydrogens (primary N) is 1. The maximum Gasteiger partial charge on any atom is 0.0907 e. The van der Waals surface area contributed by atoms with Gasteiger partial charge < -0.3 is 5.73 Å². The minimum absolute atomic E-state index is 0.0472. The zero-order chi connectivity index (χ0) is 13.0. The summed E-state index contributed by atoms with van der Waals surface area (Å²) in [6.07, 6.45) is 6.87. The van der Waals surface area contributed by atoms with Crippen LogP contribution in [-0.4, -0.2) is 30.9 Å². The molecule has 1 aliphatic carbocycles. The van der Waals surface area contributed by atoms with E-state index in [0.717, 1.165) is 11.8 Å². The molecule has 1 fully saturated rings. The van der Waals surface area contributed by atoms with E-state index in [4.69, 9.17) is 13.6 Å². The molecular formula is C14H29BN2. The predicted octanol–water partition coefficient (Wildman–Crippen LogP) is 2.71. The highest BCUT2D eigenvalue weighted by molar-refractivity contribution is 6.11. The van der Waals surface area contributed by atoms with Crippen LogP contribution < -0.4 is 5.73 Å². The van der Waals surface area contributed by atoms with E-state index >= 15 is 0 Å². The highest BCUT2D eigenvalue weighted by Crippen LogP contribution is 2.32. The lowest BCUT2D eigenvalue weighted by Gasteiger charge is -2.39. The van der Waals surface area contributed by atoms with Crippen LogP contribution >= 0.6 is 0 Å². The molecule has 1 aliphatic rings. The second kappa shape index (κ2) is 6.79. The Morgan fingerprint density at radius 1 is 1.29 bits per heavy atom. The SMILES string of the molecule is [B]C(C)N(C(C)N)C(C)CC1CCCC(C)C1. The number of nitrogens with zero attached hydrogens (tertiary/aromatic N) is 1. The molecule has 2 nitrogen and oxygen atoms in total. The quantitative estimate of drug-likeness (QED) is 0.587. The molecule has 1 saturated carbocycles. The first kappa shape index (κ1) is 15.0. The van der Waals surface area contributed by atoms with E-state index in [1.54, 1.807) is 0 Å². The van der Waals surface area contributed by atoms with Gasteiger partial charge in [0.2, 0.25) is 0 Å². The smallest absolute Gasteiger partial charge is 0.0907 e. The Kier molecular flexibility index (Phi) is 6.01. The summed E-state index contributed by atoms with van der Waals surface area (Å²) >= 11 is 0. The summed E-state index contributed by atoms with van der Waals surface area (Å²) in [5.41, 5.74) is 6.02. The second-order valence-electron chi connectivity index (χ2n) is 6.15. The molecule has 1 rings (SSSR count). The maximum absolute atomic E-state index is 6.02. The molecule has 2 N–H and O–H groups in total. The second-order valence-corrected chi connectivity index (χ2v) is 6.15. The third-order valence-electron chi connectivity index (χ3n) is 4.17. The van der Waals surface area contributed by atoms with Crippen LogP contribution in [0.4, 0.5) is 0 Å². The molecule has 0 aromatic rings. The van der Waals surface area contributed by atoms with Gasteiger partial charge in [-0.3, -0.25) is 4.90 Å². The number of hydrogen-bond donors (Lipinski definition) is 1. The van der Waals surface area contributed by atoms with E-state index in [0.29, 0.717) is 6.04 Å². The van der Waals surface area contributed by atoms with Crippen LogP contribution in [-0.2, 0) is 0 Å². The summed E-state index contributed by atoms with van der Waals surface area (Å²) in [7, 11) is 6.02. The van der Waals surface area contributed by atoms with E-state index < -0.39 is 0 Å². The largest absolute Gasteiger partial charge is 0.316 e. The summed E-state index contributed by atoms with van der Waals surface area (Å²) in [6.45, 7) is 8.71.